The van der Waals surface area contributed by atoms with Gasteiger partial charge in [-0.1, -0.05) is 27.2 Å². The van der Waals surface area contributed by atoms with E-state index >= 15 is 0 Å². The van der Waals surface area contributed by atoms with Gasteiger partial charge in [0.25, 0.3) is 5.92 Å². The molecule has 0 amide bonds. The first-order valence-electron chi connectivity index (χ1n) is 4.90. The van der Waals surface area contributed by atoms with E-state index < -0.39 is 11.3 Å². The van der Waals surface area contributed by atoms with Gasteiger partial charge in [-0.3, -0.25) is 0 Å². The van der Waals surface area contributed by atoms with E-state index in [1.165, 1.54) is 0 Å². The Morgan fingerprint density at radius 3 is 1.75 bits per heavy atom. The van der Waals surface area contributed by atoms with Crippen molar-refractivity contribution >= 4 is 0 Å². The first-order valence-corrected chi connectivity index (χ1v) is 4.90. The summed E-state index contributed by atoms with van der Waals surface area (Å²) in [5, 5.41) is 0. The van der Waals surface area contributed by atoms with Crippen LogP contribution in [0.3, 0.4) is 0 Å². The lowest BCUT2D eigenvalue weighted by Crippen LogP contribution is -2.25. The molecule has 0 unspecified atom stereocenters. The minimum Gasteiger partial charge on any atom is -0.207 e. The van der Waals surface area contributed by atoms with Crippen LogP contribution in [0, 0.1) is 5.41 Å². The van der Waals surface area contributed by atoms with Crippen LogP contribution in [0.15, 0.2) is 0 Å². The van der Waals surface area contributed by atoms with Gasteiger partial charge in [0.15, 0.2) is 0 Å². The zero-order chi connectivity index (χ0) is 9.83. The van der Waals surface area contributed by atoms with Gasteiger partial charge < -0.3 is 0 Å². The van der Waals surface area contributed by atoms with Crippen molar-refractivity contribution in [1.29, 1.82) is 0 Å². The molecule has 0 aromatic heterocycles. The van der Waals surface area contributed by atoms with Crippen LogP contribution in [0.1, 0.15) is 53.4 Å². The first-order chi connectivity index (χ1) is 5.52. The maximum Gasteiger partial charge on any atom is 0.250 e. The van der Waals surface area contributed by atoms with Crippen molar-refractivity contribution in [2.45, 2.75) is 59.3 Å². The Kier molecular flexibility index (Phi) is 4.15. The molecule has 1 aliphatic carbocycles. The van der Waals surface area contributed by atoms with Crippen LogP contribution in [0.5, 0.6) is 0 Å². The van der Waals surface area contributed by atoms with Crippen molar-refractivity contribution < 1.29 is 8.78 Å². The molecule has 1 fully saturated rings. The molecular formula is C10H20F2. The van der Waals surface area contributed by atoms with Crippen LogP contribution >= 0.6 is 0 Å². The summed E-state index contributed by atoms with van der Waals surface area (Å²) in [6.07, 6.45) is 3.02. The maximum absolute atomic E-state index is 12.7. The Hall–Kier alpha value is -0.140. The highest BCUT2D eigenvalue weighted by molar-refractivity contribution is 5.00. The quantitative estimate of drug-likeness (QED) is 0.606. The third-order valence-electron chi connectivity index (χ3n) is 2.51. The summed E-state index contributed by atoms with van der Waals surface area (Å²) in [4.78, 5) is 0. The fourth-order valence-electron chi connectivity index (χ4n) is 1.54. The van der Waals surface area contributed by atoms with E-state index in [0.717, 1.165) is 26.2 Å². The number of rotatable bonds is 3. The molecule has 0 spiro atoms. The Bertz CT molecular complexity index is 120. The second kappa shape index (κ2) is 4.20. The zero-order valence-electron chi connectivity index (χ0n) is 8.58. The van der Waals surface area contributed by atoms with Gasteiger partial charge in [0.1, 0.15) is 0 Å². The van der Waals surface area contributed by atoms with E-state index in [-0.39, 0.29) is 0 Å². The molecule has 0 aromatic rings. The van der Waals surface area contributed by atoms with Crippen LogP contribution in [0.4, 0.5) is 8.78 Å². The minimum atomic E-state index is -2.44. The average Bonchev–Trinajstić information content (AvgIpc) is 2.73. The van der Waals surface area contributed by atoms with E-state index in [0.29, 0.717) is 6.42 Å². The molecule has 0 nitrogen and oxygen atoms in total. The van der Waals surface area contributed by atoms with E-state index in [1.807, 2.05) is 20.8 Å². The van der Waals surface area contributed by atoms with Crippen LogP contribution in [-0.4, -0.2) is 5.92 Å². The second-order valence-corrected chi connectivity index (χ2v) is 3.42. The lowest BCUT2D eigenvalue weighted by atomic mass is 9.94. The highest BCUT2D eigenvalue weighted by Crippen LogP contribution is 2.59. The molecular weight excluding hydrogens is 158 g/mol. The van der Waals surface area contributed by atoms with Crippen molar-refractivity contribution in [3.8, 4) is 0 Å². The van der Waals surface area contributed by atoms with E-state index in [4.69, 9.17) is 0 Å². The topological polar surface area (TPSA) is 0 Å². The van der Waals surface area contributed by atoms with Gasteiger partial charge >= 0.3 is 0 Å². The summed E-state index contributed by atoms with van der Waals surface area (Å²) >= 11 is 0. The van der Waals surface area contributed by atoms with Crippen molar-refractivity contribution in [2.24, 2.45) is 5.41 Å². The summed E-state index contributed by atoms with van der Waals surface area (Å²) in [5.41, 5.74) is -0.595. The normalized spacial score (nSPS) is 19.5. The lowest BCUT2D eigenvalue weighted by Gasteiger charge is -2.21. The molecule has 0 heterocycles. The van der Waals surface area contributed by atoms with Crippen molar-refractivity contribution in [1.82, 2.24) is 0 Å². The Labute approximate surface area is 74.4 Å². The third-order valence-corrected chi connectivity index (χ3v) is 2.51. The predicted molar refractivity (Wildman–Crippen MR) is 48.5 cm³/mol. The van der Waals surface area contributed by atoms with Gasteiger partial charge in [-0.15, -0.1) is 0 Å². The predicted octanol–water partition coefficient (Wildman–Crippen LogP) is 4.25. The summed E-state index contributed by atoms with van der Waals surface area (Å²) in [6, 6.07) is 0. The zero-order valence-corrected chi connectivity index (χ0v) is 8.58. The van der Waals surface area contributed by atoms with Gasteiger partial charge in [-0.05, 0) is 26.2 Å². The van der Waals surface area contributed by atoms with Gasteiger partial charge in [-0.2, -0.15) is 0 Å². The molecule has 2 heteroatoms. The molecule has 0 bridgehead atoms. The Morgan fingerprint density at radius 2 is 1.67 bits per heavy atom. The summed E-state index contributed by atoms with van der Waals surface area (Å²) in [5.74, 6) is -2.44. The molecule has 1 aliphatic rings. The first kappa shape index (κ1) is 11.9. The van der Waals surface area contributed by atoms with Gasteiger partial charge in [-0.25, -0.2) is 8.78 Å². The largest absolute Gasteiger partial charge is 0.250 e. The smallest absolute Gasteiger partial charge is 0.207 e. The van der Waals surface area contributed by atoms with E-state index in [1.54, 1.807) is 0 Å². The Morgan fingerprint density at radius 1 is 1.25 bits per heavy atom. The number of hydrogen-bond donors (Lipinski definition) is 0. The highest BCUT2D eigenvalue weighted by Gasteiger charge is 2.57. The number of hydrogen-bond acceptors (Lipinski definition) is 0. The molecule has 12 heavy (non-hydrogen) atoms. The lowest BCUT2D eigenvalue weighted by molar-refractivity contribution is -0.0581. The summed E-state index contributed by atoms with van der Waals surface area (Å²) < 4.78 is 25.5. The summed E-state index contributed by atoms with van der Waals surface area (Å²) in [6.45, 7) is 7.02. The maximum atomic E-state index is 12.7. The van der Waals surface area contributed by atoms with Crippen molar-refractivity contribution in [3.63, 3.8) is 0 Å². The molecule has 0 N–H and O–H groups in total. The average molecular weight is 178 g/mol. The molecule has 0 saturated heterocycles. The van der Waals surface area contributed by atoms with Crippen LogP contribution in [0.2, 0.25) is 0 Å². The van der Waals surface area contributed by atoms with Gasteiger partial charge in [0.05, 0.1) is 0 Å². The molecule has 0 atom stereocenters. The fraction of sp³-hybridized carbons (Fsp3) is 1.00. The fourth-order valence-corrected chi connectivity index (χ4v) is 1.54. The highest BCUT2D eigenvalue weighted by atomic mass is 19.3. The molecule has 1 rings (SSSR count). The van der Waals surface area contributed by atoms with Crippen molar-refractivity contribution in [2.75, 3.05) is 0 Å². The SMILES string of the molecule is CC.CCCC1(C(C)(F)F)CC1. The molecule has 1 saturated carbocycles. The van der Waals surface area contributed by atoms with Crippen LogP contribution in [-0.2, 0) is 0 Å². The van der Waals surface area contributed by atoms with Gasteiger partial charge in [0, 0.05) is 5.41 Å². The minimum absolute atomic E-state index is 0.595. The molecule has 0 aromatic carbocycles. The second-order valence-electron chi connectivity index (χ2n) is 3.42. The van der Waals surface area contributed by atoms with E-state index in [9.17, 15) is 8.78 Å². The Balaban J connectivity index is 0.000000561. The van der Waals surface area contributed by atoms with Gasteiger partial charge in [0.2, 0.25) is 0 Å². The van der Waals surface area contributed by atoms with Crippen LogP contribution in [0.25, 0.3) is 0 Å². The monoisotopic (exact) mass is 178 g/mol. The molecule has 0 radical (unpaired) electrons. The number of halogens is 2. The molecule has 74 valence electrons. The van der Waals surface area contributed by atoms with Crippen molar-refractivity contribution in [3.05, 3.63) is 0 Å². The molecule has 0 aliphatic heterocycles. The van der Waals surface area contributed by atoms with E-state index in [2.05, 4.69) is 0 Å². The summed E-state index contributed by atoms with van der Waals surface area (Å²) in [7, 11) is 0. The third kappa shape index (κ3) is 2.43. The van der Waals surface area contributed by atoms with Crippen LogP contribution < -0.4 is 0 Å². The number of alkyl halides is 2. The standard InChI is InChI=1S/C8H14F2.C2H6/c1-3-4-8(5-6-8)7(2,9)10;1-2/h3-6H2,1-2H3;1-2H3.